The molecule has 2 nitrogen and oxygen atoms in total. The standard InChI is InChI=1S/C36H37FNO/c1-23-10-19-29-30-20-21-31(37)34(36(30)39-35(29)33(23)32-9-5-6-22-38(32)2)28-17-15-27(16-18-28)26-13-11-25(12-14-26)24-7-3-4-8-24/h5-6,9-10,15-22,24-26H,3-4,7-8,11-14H2,1-2H3/q+1. The largest absolute Gasteiger partial charge is 0.454 e. The van der Waals surface area contributed by atoms with Gasteiger partial charge in [-0.25, -0.2) is 8.96 Å². The number of pyridine rings is 1. The highest BCUT2D eigenvalue weighted by Gasteiger charge is 2.30. The van der Waals surface area contributed by atoms with E-state index in [1.807, 2.05) is 31.4 Å². The molecule has 0 amide bonds. The molecule has 7 rings (SSSR count). The molecule has 5 aromatic rings. The van der Waals surface area contributed by atoms with Crippen molar-refractivity contribution in [2.75, 3.05) is 0 Å². The number of aryl methyl sites for hydroxylation is 2. The molecule has 0 unspecified atom stereocenters. The monoisotopic (exact) mass is 518 g/mol. The number of rotatable bonds is 4. The minimum absolute atomic E-state index is 0.241. The van der Waals surface area contributed by atoms with Gasteiger partial charge in [0.15, 0.2) is 6.20 Å². The molecule has 0 aliphatic heterocycles. The van der Waals surface area contributed by atoms with Gasteiger partial charge in [0.25, 0.3) is 0 Å². The van der Waals surface area contributed by atoms with Gasteiger partial charge in [0.2, 0.25) is 5.69 Å². The predicted octanol–water partition coefficient (Wildman–Crippen LogP) is 9.66. The second-order valence-corrected chi connectivity index (χ2v) is 12.0. The Kier molecular flexibility index (Phi) is 6.26. The van der Waals surface area contributed by atoms with Crippen LogP contribution in [0.25, 0.3) is 44.3 Å². The van der Waals surface area contributed by atoms with Crippen LogP contribution in [0.15, 0.2) is 77.3 Å². The van der Waals surface area contributed by atoms with E-state index in [1.165, 1.54) is 56.9 Å². The van der Waals surface area contributed by atoms with Crippen molar-refractivity contribution in [3.63, 3.8) is 0 Å². The van der Waals surface area contributed by atoms with E-state index < -0.39 is 0 Å². The van der Waals surface area contributed by atoms with Crippen LogP contribution in [0.3, 0.4) is 0 Å². The smallest absolute Gasteiger partial charge is 0.216 e. The van der Waals surface area contributed by atoms with E-state index in [0.29, 0.717) is 17.1 Å². The lowest BCUT2D eigenvalue weighted by atomic mass is 9.73. The molecular weight excluding hydrogens is 481 g/mol. The van der Waals surface area contributed by atoms with Crippen LogP contribution in [-0.2, 0) is 7.05 Å². The summed E-state index contributed by atoms with van der Waals surface area (Å²) in [6, 6.07) is 22.5. The number of nitrogens with zero attached hydrogens (tertiary/aromatic N) is 1. The first-order valence-electron chi connectivity index (χ1n) is 14.8. The number of hydrogen-bond donors (Lipinski definition) is 0. The van der Waals surface area contributed by atoms with E-state index in [1.54, 1.807) is 6.07 Å². The Morgan fingerprint density at radius 1 is 0.718 bits per heavy atom. The third-order valence-corrected chi connectivity index (χ3v) is 9.79. The number of halogens is 1. The van der Waals surface area contributed by atoms with Gasteiger partial charge in [0, 0.05) is 22.9 Å². The highest BCUT2D eigenvalue weighted by molar-refractivity contribution is 6.13. The lowest BCUT2D eigenvalue weighted by Gasteiger charge is -2.32. The van der Waals surface area contributed by atoms with Crippen LogP contribution in [0.1, 0.15) is 68.4 Å². The zero-order valence-electron chi connectivity index (χ0n) is 23.1. The van der Waals surface area contributed by atoms with Crippen LogP contribution in [0, 0.1) is 24.6 Å². The lowest BCUT2D eigenvalue weighted by Crippen LogP contribution is -2.30. The van der Waals surface area contributed by atoms with Gasteiger partial charge in [-0.15, -0.1) is 0 Å². The molecular formula is C36H37FNO+. The summed E-state index contributed by atoms with van der Waals surface area (Å²) in [4.78, 5) is 0. The summed E-state index contributed by atoms with van der Waals surface area (Å²) in [6.45, 7) is 2.11. The Morgan fingerprint density at radius 3 is 2.10 bits per heavy atom. The Morgan fingerprint density at radius 2 is 1.38 bits per heavy atom. The number of furan rings is 1. The van der Waals surface area contributed by atoms with Crippen molar-refractivity contribution in [2.24, 2.45) is 18.9 Å². The summed E-state index contributed by atoms with van der Waals surface area (Å²) < 4.78 is 24.2. The molecule has 0 radical (unpaired) electrons. The van der Waals surface area contributed by atoms with Crippen molar-refractivity contribution < 1.29 is 13.4 Å². The fourth-order valence-electron chi connectivity index (χ4n) is 7.62. The molecule has 2 aromatic heterocycles. The second-order valence-electron chi connectivity index (χ2n) is 12.0. The summed E-state index contributed by atoms with van der Waals surface area (Å²) in [6.07, 6.45) is 13.1. The summed E-state index contributed by atoms with van der Waals surface area (Å²) in [5.74, 6) is 2.30. The first kappa shape index (κ1) is 24.6. The highest BCUT2D eigenvalue weighted by atomic mass is 19.1. The Balaban J connectivity index is 1.25. The molecule has 0 spiro atoms. The molecule has 3 heteroatoms. The van der Waals surface area contributed by atoms with E-state index >= 15 is 4.39 Å². The number of fused-ring (bicyclic) bond motifs is 3. The highest BCUT2D eigenvalue weighted by Crippen LogP contribution is 2.45. The minimum Gasteiger partial charge on any atom is -0.454 e. The average Bonchev–Trinajstić information content (AvgIpc) is 3.63. The van der Waals surface area contributed by atoms with Gasteiger partial charge in [-0.1, -0.05) is 62.1 Å². The first-order valence-corrected chi connectivity index (χ1v) is 14.8. The molecule has 198 valence electrons. The Bertz CT molecular complexity index is 1650. The van der Waals surface area contributed by atoms with Crippen molar-refractivity contribution in [1.29, 1.82) is 0 Å². The number of hydrogen-bond acceptors (Lipinski definition) is 1. The molecule has 2 aliphatic rings. The SMILES string of the molecule is Cc1ccc2c(oc3c(-c4ccc(C5CCC(C6CCCC6)CC5)cc4)c(F)ccc32)c1-c1cccc[n+]1C. The maximum atomic E-state index is 15.5. The Labute approximate surface area is 230 Å². The van der Waals surface area contributed by atoms with Gasteiger partial charge in [-0.05, 0) is 85.3 Å². The minimum atomic E-state index is -0.241. The van der Waals surface area contributed by atoms with Crippen molar-refractivity contribution in [1.82, 2.24) is 0 Å². The van der Waals surface area contributed by atoms with Gasteiger partial charge in [-0.3, -0.25) is 0 Å². The lowest BCUT2D eigenvalue weighted by molar-refractivity contribution is -0.660. The topological polar surface area (TPSA) is 17.0 Å². The third-order valence-electron chi connectivity index (χ3n) is 9.79. The fourth-order valence-corrected chi connectivity index (χ4v) is 7.62. The van der Waals surface area contributed by atoms with Crippen LogP contribution < -0.4 is 4.57 Å². The van der Waals surface area contributed by atoms with Gasteiger partial charge in [0.1, 0.15) is 24.0 Å². The zero-order valence-corrected chi connectivity index (χ0v) is 23.1. The average molecular weight is 519 g/mol. The summed E-state index contributed by atoms with van der Waals surface area (Å²) in [5, 5.41) is 1.97. The van der Waals surface area contributed by atoms with Gasteiger partial charge in [0.05, 0.1) is 11.1 Å². The quantitative estimate of drug-likeness (QED) is 0.216. The number of benzene rings is 3. The van der Waals surface area contributed by atoms with Gasteiger partial charge < -0.3 is 4.42 Å². The zero-order chi connectivity index (χ0) is 26.5. The van der Waals surface area contributed by atoms with Crippen LogP contribution in [-0.4, -0.2) is 0 Å². The van der Waals surface area contributed by atoms with Crippen LogP contribution in [0.2, 0.25) is 0 Å². The molecule has 39 heavy (non-hydrogen) atoms. The fraction of sp³-hybridized carbons (Fsp3) is 0.361. The molecule has 0 N–H and O–H groups in total. The summed E-state index contributed by atoms with van der Waals surface area (Å²) in [5.41, 5.74) is 7.54. The normalized spacial score (nSPS) is 20.3. The Hall–Kier alpha value is -3.46. The molecule has 0 saturated heterocycles. The van der Waals surface area contributed by atoms with E-state index in [4.69, 9.17) is 4.42 Å². The first-order chi connectivity index (χ1) is 19.1. The maximum absolute atomic E-state index is 15.5. The van der Waals surface area contributed by atoms with Crippen molar-refractivity contribution in [3.8, 4) is 22.4 Å². The maximum Gasteiger partial charge on any atom is 0.216 e. The predicted molar refractivity (Wildman–Crippen MR) is 157 cm³/mol. The molecule has 2 heterocycles. The van der Waals surface area contributed by atoms with Crippen molar-refractivity contribution >= 4 is 21.9 Å². The van der Waals surface area contributed by atoms with E-state index in [-0.39, 0.29) is 5.82 Å². The molecule has 2 saturated carbocycles. The number of aromatic nitrogens is 1. The molecule has 2 fully saturated rings. The molecule has 0 bridgehead atoms. The van der Waals surface area contributed by atoms with Crippen molar-refractivity contribution in [2.45, 2.75) is 64.2 Å². The van der Waals surface area contributed by atoms with E-state index in [9.17, 15) is 0 Å². The molecule has 2 aliphatic carbocycles. The van der Waals surface area contributed by atoms with Gasteiger partial charge in [-0.2, -0.15) is 0 Å². The third kappa shape index (κ3) is 4.27. The van der Waals surface area contributed by atoms with Crippen LogP contribution >= 0.6 is 0 Å². The summed E-state index contributed by atoms with van der Waals surface area (Å²) >= 11 is 0. The van der Waals surface area contributed by atoms with Crippen LogP contribution in [0.5, 0.6) is 0 Å². The van der Waals surface area contributed by atoms with Crippen molar-refractivity contribution in [3.05, 3.63) is 89.9 Å². The second kappa shape index (κ2) is 9.93. The molecule has 3 aromatic carbocycles. The van der Waals surface area contributed by atoms with Gasteiger partial charge >= 0.3 is 0 Å². The van der Waals surface area contributed by atoms with E-state index in [2.05, 4.69) is 54.0 Å². The molecule has 0 atom stereocenters. The summed E-state index contributed by atoms with van der Waals surface area (Å²) in [7, 11) is 2.05. The van der Waals surface area contributed by atoms with E-state index in [0.717, 1.165) is 50.6 Å². The van der Waals surface area contributed by atoms with Crippen LogP contribution in [0.4, 0.5) is 4.39 Å².